The lowest BCUT2D eigenvalue weighted by Crippen LogP contribution is -2.49. The Morgan fingerprint density at radius 3 is 2.31 bits per heavy atom. The molecule has 0 bridgehead atoms. The summed E-state index contributed by atoms with van der Waals surface area (Å²) >= 11 is 1.78. The van der Waals surface area contributed by atoms with E-state index in [1.807, 2.05) is 9.80 Å². The first-order valence-corrected chi connectivity index (χ1v) is 10.6. The minimum atomic E-state index is -0.557. The fourth-order valence-corrected chi connectivity index (χ4v) is 4.29. The van der Waals surface area contributed by atoms with Gasteiger partial charge in [0.25, 0.3) is 0 Å². The molecule has 158 valence electrons. The average molecular weight is 424 g/mol. The van der Waals surface area contributed by atoms with Gasteiger partial charge in [-0.2, -0.15) is 16.7 Å². The third-order valence-corrected chi connectivity index (χ3v) is 5.83. The first kappa shape index (κ1) is 21.2. The van der Waals surface area contributed by atoms with Gasteiger partial charge >= 0.3 is 5.69 Å². The Morgan fingerprint density at radius 1 is 1.10 bits per heavy atom. The molecule has 0 spiro atoms. The number of nitro groups is 1. The molecule has 2 fully saturated rings. The van der Waals surface area contributed by atoms with Gasteiger partial charge in [0.1, 0.15) is 5.78 Å². The normalized spacial score (nSPS) is 17.4. The van der Waals surface area contributed by atoms with Gasteiger partial charge in [0.2, 0.25) is 17.7 Å². The molecule has 1 N–H and O–H groups in total. The van der Waals surface area contributed by atoms with Crippen molar-refractivity contribution >= 4 is 40.9 Å². The Balaban J connectivity index is 1.83. The number of carbonyl (C=O) groups is 2. The number of Topliss-reactive ketones (excluding diaryl/α,β-unsaturated/α-hetero) is 1. The SMILES string of the molecule is CC(=O)CC(=O)N1CCN(c2nc(CO)c([N+](=O)[O-])c(N3CCSCC3)n2)CC1. The summed E-state index contributed by atoms with van der Waals surface area (Å²) in [5.74, 6) is 1.87. The Labute approximate surface area is 172 Å². The predicted octanol–water partition coefficient (Wildman–Crippen LogP) is 0.0580. The maximum absolute atomic E-state index is 12.1. The van der Waals surface area contributed by atoms with Gasteiger partial charge in [-0.25, -0.2) is 4.98 Å². The molecular formula is C17H24N6O5S. The Morgan fingerprint density at radius 2 is 1.76 bits per heavy atom. The highest BCUT2D eigenvalue weighted by molar-refractivity contribution is 7.99. The smallest absolute Gasteiger partial charge is 0.335 e. The number of anilines is 2. The molecule has 1 aromatic heterocycles. The van der Waals surface area contributed by atoms with Crippen LogP contribution in [-0.2, 0) is 16.2 Å². The predicted molar refractivity (Wildman–Crippen MR) is 108 cm³/mol. The van der Waals surface area contributed by atoms with Gasteiger partial charge in [0, 0.05) is 50.8 Å². The van der Waals surface area contributed by atoms with E-state index in [4.69, 9.17) is 0 Å². The maximum atomic E-state index is 12.1. The van der Waals surface area contributed by atoms with Gasteiger partial charge in [0.05, 0.1) is 18.0 Å². The van der Waals surface area contributed by atoms with E-state index in [1.54, 1.807) is 16.7 Å². The summed E-state index contributed by atoms with van der Waals surface area (Å²) in [5.41, 5.74) is -0.262. The van der Waals surface area contributed by atoms with Crippen LogP contribution in [0.1, 0.15) is 19.0 Å². The zero-order chi connectivity index (χ0) is 21.0. The van der Waals surface area contributed by atoms with E-state index in [2.05, 4.69) is 9.97 Å². The molecule has 0 aromatic carbocycles. The van der Waals surface area contributed by atoms with Crippen molar-refractivity contribution in [3.8, 4) is 0 Å². The van der Waals surface area contributed by atoms with Gasteiger partial charge in [-0.1, -0.05) is 0 Å². The number of amides is 1. The first-order valence-electron chi connectivity index (χ1n) is 9.41. The number of rotatable bonds is 6. The third-order valence-electron chi connectivity index (χ3n) is 4.88. The van der Waals surface area contributed by atoms with Crippen molar-refractivity contribution in [3.05, 3.63) is 15.8 Å². The molecule has 29 heavy (non-hydrogen) atoms. The number of piperazine rings is 1. The molecule has 0 radical (unpaired) electrons. The summed E-state index contributed by atoms with van der Waals surface area (Å²) in [6, 6.07) is 0. The molecule has 3 rings (SSSR count). The van der Waals surface area contributed by atoms with Gasteiger partial charge in [-0.05, 0) is 6.92 Å². The van der Waals surface area contributed by atoms with Crippen LogP contribution in [0, 0.1) is 10.1 Å². The van der Waals surface area contributed by atoms with Crippen LogP contribution in [0.3, 0.4) is 0 Å². The van der Waals surface area contributed by atoms with Crippen molar-refractivity contribution in [2.24, 2.45) is 0 Å². The van der Waals surface area contributed by atoms with Crippen LogP contribution in [0.2, 0.25) is 0 Å². The number of aliphatic hydroxyl groups is 1. The number of ketones is 1. The molecule has 1 amide bonds. The maximum Gasteiger partial charge on any atom is 0.335 e. The van der Waals surface area contributed by atoms with Crippen LogP contribution in [0.5, 0.6) is 0 Å². The zero-order valence-electron chi connectivity index (χ0n) is 16.2. The molecule has 12 heteroatoms. The standard InChI is InChI=1S/C17H24N6O5S/c1-12(25)10-14(26)20-2-4-22(5-3-20)17-18-13(11-24)15(23(27)28)16(19-17)21-6-8-29-9-7-21/h24H,2-11H2,1H3. The van der Waals surface area contributed by atoms with Crippen molar-refractivity contribution < 1.29 is 19.6 Å². The number of aliphatic hydroxyl groups excluding tert-OH is 1. The summed E-state index contributed by atoms with van der Waals surface area (Å²) in [4.78, 5) is 48.4. The highest BCUT2D eigenvalue weighted by Gasteiger charge is 2.31. The second-order valence-electron chi connectivity index (χ2n) is 6.90. The van der Waals surface area contributed by atoms with Crippen molar-refractivity contribution in [2.45, 2.75) is 20.0 Å². The molecule has 0 saturated carbocycles. The minimum absolute atomic E-state index is 0.0108. The summed E-state index contributed by atoms with van der Waals surface area (Å²) in [6.45, 7) is 3.82. The second kappa shape index (κ2) is 9.35. The summed E-state index contributed by atoms with van der Waals surface area (Å²) < 4.78 is 0. The van der Waals surface area contributed by atoms with Crippen molar-refractivity contribution in [1.82, 2.24) is 14.9 Å². The number of carbonyl (C=O) groups excluding carboxylic acids is 2. The molecule has 2 aliphatic rings. The summed E-state index contributed by atoms with van der Waals surface area (Å²) in [7, 11) is 0. The van der Waals surface area contributed by atoms with E-state index in [1.165, 1.54) is 6.92 Å². The van der Waals surface area contributed by atoms with Crippen LogP contribution in [0.25, 0.3) is 0 Å². The molecule has 0 aliphatic carbocycles. The molecule has 11 nitrogen and oxygen atoms in total. The molecule has 3 heterocycles. The number of hydrogen-bond donors (Lipinski definition) is 1. The van der Waals surface area contributed by atoms with Crippen LogP contribution in [0.15, 0.2) is 0 Å². The first-order chi connectivity index (χ1) is 13.9. The number of nitrogens with zero attached hydrogens (tertiary/aromatic N) is 6. The van der Waals surface area contributed by atoms with Crippen LogP contribution in [-0.4, -0.2) is 87.4 Å². The molecule has 1 aromatic rings. The van der Waals surface area contributed by atoms with Crippen molar-refractivity contribution in [2.75, 3.05) is 60.6 Å². The van der Waals surface area contributed by atoms with Gasteiger partial charge in [0.15, 0.2) is 5.69 Å². The lowest BCUT2D eigenvalue weighted by Gasteiger charge is -2.35. The molecular weight excluding hydrogens is 400 g/mol. The monoisotopic (exact) mass is 424 g/mol. The van der Waals surface area contributed by atoms with E-state index < -0.39 is 11.5 Å². The van der Waals surface area contributed by atoms with Crippen LogP contribution >= 0.6 is 11.8 Å². The fraction of sp³-hybridized carbons (Fsp3) is 0.647. The fourth-order valence-electron chi connectivity index (χ4n) is 3.39. The number of thioether (sulfide) groups is 1. The van der Waals surface area contributed by atoms with E-state index in [9.17, 15) is 24.8 Å². The Bertz CT molecular complexity index is 793. The summed E-state index contributed by atoms with van der Waals surface area (Å²) in [6.07, 6.45) is -0.111. The minimum Gasteiger partial charge on any atom is -0.390 e. The summed E-state index contributed by atoms with van der Waals surface area (Å²) in [5, 5.41) is 21.3. The van der Waals surface area contributed by atoms with Crippen molar-refractivity contribution in [3.63, 3.8) is 0 Å². The molecule has 0 unspecified atom stereocenters. The Kier molecular flexibility index (Phi) is 6.85. The molecule has 2 aliphatic heterocycles. The quantitative estimate of drug-likeness (QED) is 0.379. The lowest BCUT2D eigenvalue weighted by atomic mass is 10.2. The molecule has 2 saturated heterocycles. The highest BCUT2D eigenvalue weighted by atomic mass is 32.2. The van der Waals surface area contributed by atoms with Gasteiger partial charge in [-0.3, -0.25) is 19.7 Å². The van der Waals surface area contributed by atoms with Crippen molar-refractivity contribution in [1.29, 1.82) is 0 Å². The van der Waals surface area contributed by atoms with Crippen LogP contribution in [0.4, 0.5) is 17.5 Å². The molecule has 0 atom stereocenters. The van der Waals surface area contributed by atoms with E-state index in [0.717, 1.165) is 11.5 Å². The topological polar surface area (TPSA) is 133 Å². The van der Waals surface area contributed by atoms with Gasteiger partial charge < -0.3 is 19.8 Å². The Hall–Kier alpha value is -2.47. The zero-order valence-corrected chi connectivity index (χ0v) is 17.1. The lowest BCUT2D eigenvalue weighted by molar-refractivity contribution is -0.385. The highest BCUT2D eigenvalue weighted by Crippen LogP contribution is 2.33. The van der Waals surface area contributed by atoms with E-state index in [-0.39, 0.29) is 35.3 Å². The largest absolute Gasteiger partial charge is 0.390 e. The van der Waals surface area contributed by atoms with Gasteiger partial charge in [-0.15, -0.1) is 0 Å². The second-order valence-corrected chi connectivity index (χ2v) is 8.13. The number of hydrogen-bond acceptors (Lipinski definition) is 10. The third kappa shape index (κ3) is 4.93. The van der Waals surface area contributed by atoms with E-state index in [0.29, 0.717) is 45.2 Å². The van der Waals surface area contributed by atoms with Crippen LogP contribution < -0.4 is 9.80 Å². The van der Waals surface area contributed by atoms with E-state index >= 15 is 0 Å². The number of aromatic nitrogens is 2. The average Bonchev–Trinajstić information content (AvgIpc) is 2.72.